The van der Waals surface area contributed by atoms with E-state index in [1.807, 2.05) is 13.8 Å². The quantitative estimate of drug-likeness (QED) is 0.550. The van der Waals surface area contributed by atoms with Gasteiger partial charge in [0.2, 0.25) is 6.41 Å². The number of hydrazone groups is 1. The largest absolute Gasteiger partial charge is 0.468 e. The number of benzene rings is 1. The molecular weight excluding hydrogens is 401 g/mol. The van der Waals surface area contributed by atoms with Crippen molar-refractivity contribution in [3.8, 4) is 0 Å². The Morgan fingerprint density at radius 2 is 2.28 bits per heavy atom. The third-order valence-electron chi connectivity index (χ3n) is 4.27. The molecule has 0 aliphatic carbocycles. The molecule has 1 atom stereocenters. The third kappa shape index (κ3) is 5.11. The normalized spacial score (nSPS) is 18.8. The zero-order valence-electron chi connectivity index (χ0n) is 16.1. The summed E-state index contributed by atoms with van der Waals surface area (Å²) in [5.74, 6) is -0.505. The third-order valence-corrected chi connectivity index (χ3v) is 4.51. The van der Waals surface area contributed by atoms with Gasteiger partial charge in [0.1, 0.15) is 18.3 Å². The number of hydrogen-bond donors (Lipinski definition) is 1. The van der Waals surface area contributed by atoms with Gasteiger partial charge in [-0.2, -0.15) is 5.10 Å². The zero-order valence-corrected chi connectivity index (χ0v) is 16.9. The molecule has 11 heteroatoms. The maximum absolute atomic E-state index is 14.7. The molecule has 1 aromatic carbocycles. The lowest BCUT2D eigenvalue weighted by atomic mass is 10.2. The van der Waals surface area contributed by atoms with Crippen LogP contribution < -0.4 is 15.1 Å². The minimum Gasteiger partial charge on any atom is -0.468 e. The molecule has 0 bridgehead atoms. The number of cyclic esters (lactones) is 1. The second-order valence-electron chi connectivity index (χ2n) is 6.78. The standard InChI is InChI=1S/C18H22FN5O4S/c1-12(2)27-17(29)20-8-14-9-24(18(26)28-14)13-3-4-16(15(19)7-13)22-5-6-23(11-25)21-10-22/h3-4,7,10-12,14H,5-6,8-9H2,1-2H3,(H,20,29)/t14-/m0/s1. The second kappa shape index (κ2) is 9.03. The van der Waals surface area contributed by atoms with Crippen molar-refractivity contribution >= 4 is 47.6 Å². The summed E-state index contributed by atoms with van der Waals surface area (Å²) in [6, 6.07) is 4.48. The lowest BCUT2D eigenvalue weighted by molar-refractivity contribution is -0.118. The summed E-state index contributed by atoms with van der Waals surface area (Å²) in [6.45, 7) is 5.04. The van der Waals surface area contributed by atoms with E-state index in [0.29, 0.717) is 37.4 Å². The van der Waals surface area contributed by atoms with E-state index in [9.17, 15) is 14.0 Å². The summed E-state index contributed by atoms with van der Waals surface area (Å²) in [6.07, 6.45) is 0.956. The first-order valence-electron chi connectivity index (χ1n) is 9.12. The van der Waals surface area contributed by atoms with E-state index in [-0.39, 0.29) is 17.8 Å². The number of ether oxygens (including phenoxy) is 2. The summed E-state index contributed by atoms with van der Waals surface area (Å²) in [4.78, 5) is 25.9. The summed E-state index contributed by atoms with van der Waals surface area (Å²) < 4.78 is 25.3. The van der Waals surface area contributed by atoms with Gasteiger partial charge in [0, 0.05) is 6.54 Å². The number of thiocarbonyl (C=S) groups is 1. The predicted molar refractivity (Wildman–Crippen MR) is 109 cm³/mol. The van der Waals surface area contributed by atoms with Crippen molar-refractivity contribution in [2.24, 2.45) is 5.10 Å². The lowest BCUT2D eigenvalue weighted by Crippen LogP contribution is -2.37. The van der Waals surface area contributed by atoms with E-state index >= 15 is 0 Å². The monoisotopic (exact) mass is 423 g/mol. The summed E-state index contributed by atoms with van der Waals surface area (Å²) >= 11 is 5.05. The van der Waals surface area contributed by atoms with Crippen LogP contribution in [0.2, 0.25) is 0 Å². The Morgan fingerprint density at radius 3 is 2.90 bits per heavy atom. The Balaban J connectivity index is 1.62. The summed E-state index contributed by atoms with van der Waals surface area (Å²) in [7, 11) is 0. The van der Waals surface area contributed by atoms with Crippen LogP contribution in [0.4, 0.5) is 20.6 Å². The Hall–Kier alpha value is -2.95. The first kappa shape index (κ1) is 20.8. The Labute approximate surface area is 173 Å². The van der Waals surface area contributed by atoms with Gasteiger partial charge < -0.3 is 19.7 Å². The first-order chi connectivity index (χ1) is 13.9. The minimum absolute atomic E-state index is 0.0504. The average molecular weight is 423 g/mol. The SMILES string of the molecule is CC(C)OC(=S)NC[C@H]1CN(c2ccc(N3C=NN(C=O)CC3)c(F)c2)C(=O)O1. The van der Waals surface area contributed by atoms with Gasteiger partial charge in [-0.3, -0.25) is 9.69 Å². The molecule has 2 aliphatic rings. The first-order valence-corrected chi connectivity index (χ1v) is 9.53. The number of amides is 2. The smallest absolute Gasteiger partial charge is 0.414 e. The van der Waals surface area contributed by atoms with Crippen LogP contribution in [0.1, 0.15) is 13.8 Å². The number of hydrogen-bond acceptors (Lipinski definition) is 7. The fraction of sp³-hybridized carbons (Fsp3) is 0.444. The van der Waals surface area contributed by atoms with Crippen LogP contribution in [0, 0.1) is 5.82 Å². The molecule has 1 aromatic rings. The van der Waals surface area contributed by atoms with Gasteiger partial charge in [-0.25, -0.2) is 14.2 Å². The number of carbonyl (C=O) groups is 2. The molecule has 29 heavy (non-hydrogen) atoms. The molecule has 0 aromatic heterocycles. The molecule has 1 fully saturated rings. The van der Waals surface area contributed by atoms with Crippen LogP contribution in [-0.2, 0) is 14.3 Å². The van der Waals surface area contributed by atoms with Gasteiger partial charge in [-0.15, -0.1) is 0 Å². The Bertz CT molecular complexity index is 821. The van der Waals surface area contributed by atoms with Gasteiger partial charge in [0.25, 0.3) is 5.17 Å². The van der Waals surface area contributed by atoms with Crippen molar-refractivity contribution in [3.05, 3.63) is 24.0 Å². The maximum atomic E-state index is 14.7. The minimum atomic E-state index is -0.555. The Kier molecular flexibility index (Phi) is 6.47. The molecule has 3 rings (SSSR count). The van der Waals surface area contributed by atoms with Crippen LogP contribution in [0.5, 0.6) is 0 Å². The van der Waals surface area contributed by atoms with Gasteiger partial charge in [0.15, 0.2) is 0 Å². The van der Waals surface area contributed by atoms with Crippen molar-refractivity contribution in [2.75, 3.05) is 36.0 Å². The molecule has 1 saturated heterocycles. The fourth-order valence-corrected chi connectivity index (χ4v) is 3.18. The molecule has 0 spiro atoms. The Morgan fingerprint density at radius 1 is 1.48 bits per heavy atom. The molecule has 2 amide bonds. The lowest BCUT2D eigenvalue weighted by Gasteiger charge is -2.27. The van der Waals surface area contributed by atoms with E-state index in [4.69, 9.17) is 21.7 Å². The highest BCUT2D eigenvalue weighted by Gasteiger charge is 2.33. The molecule has 9 nitrogen and oxygen atoms in total. The molecule has 2 aliphatic heterocycles. The maximum Gasteiger partial charge on any atom is 0.414 e. The van der Waals surface area contributed by atoms with Crippen molar-refractivity contribution in [1.29, 1.82) is 0 Å². The fourth-order valence-electron chi connectivity index (χ4n) is 2.91. The zero-order chi connectivity index (χ0) is 21.0. The number of nitrogens with one attached hydrogen (secondary N) is 1. The number of carbonyl (C=O) groups excluding carboxylic acids is 2. The summed E-state index contributed by atoms with van der Waals surface area (Å²) in [5, 5.41) is 8.28. The number of nitrogens with zero attached hydrogens (tertiary/aromatic N) is 4. The van der Waals surface area contributed by atoms with Gasteiger partial charge in [-0.05, 0) is 44.3 Å². The van der Waals surface area contributed by atoms with E-state index in [2.05, 4.69) is 10.4 Å². The average Bonchev–Trinajstić information content (AvgIpc) is 3.06. The summed E-state index contributed by atoms with van der Waals surface area (Å²) in [5.41, 5.74) is 0.702. The van der Waals surface area contributed by atoms with Gasteiger partial charge >= 0.3 is 6.09 Å². The predicted octanol–water partition coefficient (Wildman–Crippen LogP) is 1.67. The van der Waals surface area contributed by atoms with Crippen LogP contribution in [0.25, 0.3) is 0 Å². The highest BCUT2D eigenvalue weighted by Crippen LogP contribution is 2.28. The number of anilines is 2. The van der Waals surface area contributed by atoms with E-state index in [1.54, 1.807) is 17.0 Å². The molecule has 0 unspecified atom stereocenters. The van der Waals surface area contributed by atoms with Crippen molar-refractivity contribution in [1.82, 2.24) is 10.3 Å². The highest BCUT2D eigenvalue weighted by atomic mass is 32.1. The van der Waals surface area contributed by atoms with E-state index < -0.39 is 18.0 Å². The van der Waals surface area contributed by atoms with Crippen LogP contribution in [-0.4, -0.2) is 67.4 Å². The van der Waals surface area contributed by atoms with Gasteiger partial charge in [-0.1, -0.05) is 0 Å². The number of halogens is 1. The van der Waals surface area contributed by atoms with Crippen molar-refractivity contribution < 1.29 is 23.5 Å². The van der Waals surface area contributed by atoms with Crippen LogP contribution in [0.15, 0.2) is 23.3 Å². The van der Waals surface area contributed by atoms with Gasteiger partial charge in [0.05, 0.1) is 37.1 Å². The molecule has 0 radical (unpaired) electrons. The van der Waals surface area contributed by atoms with Crippen molar-refractivity contribution in [3.63, 3.8) is 0 Å². The second-order valence-corrected chi connectivity index (χ2v) is 7.15. The van der Waals surface area contributed by atoms with Crippen molar-refractivity contribution in [2.45, 2.75) is 26.1 Å². The highest BCUT2D eigenvalue weighted by molar-refractivity contribution is 7.80. The molecule has 0 saturated carbocycles. The van der Waals surface area contributed by atoms with Crippen LogP contribution >= 0.6 is 12.2 Å². The molecule has 1 N–H and O–H groups in total. The topological polar surface area (TPSA) is 86.7 Å². The van der Waals surface area contributed by atoms with E-state index in [1.165, 1.54) is 22.3 Å². The van der Waals surface area contributed by atoms with E-state index in [0.717, 1.165) is 0 Å². The number of rotatable bonds is 6. The molecule has 156 valence electrons. The molecular formula is C18H22FN5O4S. The van der Waals surface area contributed by atoms with Crippen LogP contribution in [0.3, 0.4) is 0 Å². The molecule has 2 heterocycles.